The normalized spacial score (nSPS) is 12.3. The minimum atomic E-state index is -3.82. The Kier molecular flexibility index (Phi) is 6.70. The van der Waals surface area contributed by atoms with Gasteiger partial charge in [-0.3, -0.25) is 0 Å². The standard InChI is InChI=1S/C27H28N8O2S/c1-18(19-8-5-4-6-9-19)30-27-32-23-17-21(12-13-24(23)35(27)3)34(2)25-14-15-29-26(33-25)31-20-10-7-11-22(16-20)38(28,36)37/h4-18H,1-3H3,(H,30,32)(H2,28,36,37)(H,29,31,33). The molecular formula is C27H28N8O2S. The van der Waals surface area contributed by atoms with Gasteiger partial charge >= 0.3 is 0 Å². The molecule has 0 spiro atoms. The lowest BCUT2D eigenvalue weighted by Crippen LogP contribution is -2.13. The molecule has 10 nitrogen and oxygen atoms in total. The Morgan fingerprint density at radius 2 is 1.76 bits per heavy atom. The highest BCUT2D eigenvalue weighted by Gasteiger charge is 2.15. The first kappa shape index (κ1) is 25.2. The quantitative estimate of drug-likeness (QED) is 0.264. The number of hydrogen-bond donors (Lipinski definition) is 3. The summed E-state index contributed by atoms with van der Waals surface area (Å²) in [5, 5.41) is 11.8. The number of imidazole rings is 1. The molecule has 1 unspecified atom stereocenters. The molecule has 0 radical (unpaired) electrons. The van der Waals surface area contributed by atoms with E-state index in [2.05, 4.69) is 39.7 Å². The summed E-state index contributed by atoms with van der Waals surface area (Å²) in [7, 11) is 0.0864. The molecule has 1 atom stereocenters. The highest BCUT2D eigenvalue weighted by Crippen LogP contribution is 2.29. The molecule has 3 aromatic carbocycles. The molecule has 194 valence electrons. The molecule has 2 heterocycles. The minimum absolute atomic E-state index is 0.00598. The summed E-state index contributed by atoms with van der Waals surface area (Å²) in [4.78, 5) is 15.6. The van der Waals surface area contributed by atoms with E-state index < -0.39 is 10.0 Å². The number of anilines is 5. The Bertz CT molecular complexity index is 1700. The van der Waals surface area contributed by atoms with Gasteiger partial charge in [0, 0.05) is 31.7 Å². The zero-order valence-corrected chi connectivity index (χ0v) is 22.0. The lowest BCUT2D eigenvalue weighted by molar-refractivity contribution is 0.598. The van der Waals surface area contributed by atoms with Gasteiger partial charge in [0.1, 0.15) is 5.82 Å². The van der Waals surface area contributed by atoms with Crippen molar-refractivity contribution in [3.63, 3.8) is 0 Å². The maximum Gasteiger partial charge on any atom is 0.238 e. The Hall–Kier alpha value is -4.48. The summed E-state index contributed by atoms with van der Waals surface area (Å²) in [5.74, 6) is 1.75. The van der Waals surface area contributed by atoms with E-state index in [-0.39, 0.29) is 10.9 Å². The van der Waals surface area contributed by atoms with E-state index in [4.69, 9.17) is 10.1 Å². The third kappa shape index (κ3) is 5.29. The van der Waals surface area contributed by atoms with Gasteiger partial charge in [0.15, 0.2) is 0 Å². The number of aryl methyl sites for hydroxylation is 1. The van der Waals surface area contributed by atoms with Gasteiger partial charge < -0.3 is 20.1 Å². The third-order valence-electron chi connectivity index (χ3n) is 6.30. The van der Waals surface area contributed by atoms with Crippen LogP contribution in [0.2, 0.25) is 0 Å². The minimum Gasteiger partial charge on any atom is -0.349 e. The second kappa shape index (κ2) is 10.1. The molecular weight excluding hydrogens is 500 g/mol. The lowest BCUT2D eigenvalue weighted by atomic mass is 10.1. The van der Waals surface area contributed by atoms with Crippen LogP contribution in [0.1, 0.15) is 18.5 Å². The van der Waals surface area contributed by atoms with Gasteiger partial charge in [0.2, 0.25) is 21.9 Å². The highest BCUT2D eigenvalue weighted by atomic mass is 32.2. The van der Waals surface area contributed by atoms with Gasteiger partial charge in [0.05, 0.1) is 22.0 Å². The summed E-state index contributed by atoms with van der Waals surface area (Å²) < 4.78 is 25.4. The number of nitrogens with two attached hydrogens (primary N) is 1. The SMILES string of the molecule is CC(Nc1nc2cc(N(C)c3ccnc(Nc4cccc(S(N)(=O)=O)c4)n3)ccc2n1C)c1ccccc1. The number of fused-ring (bicyclic) bond motifs is 1. The zero-order valence-electron chi connectivity index (χ0n) is 21.2. The average Bonchev–Trinajstić information content (AvgIpc) is 3.22. The Morgan fingerprint density at radius 1 is 0.974 bits per heavy atom. The molecule has 5 aromatic rings. The van der Waals surface area contributed by atoms with Crippen molar-refractivity contribution in [2.75, 3.05) is 22.6 Å². The van der Waals surface area contributed by atoms with Crippen molar-refractivity contribution in [2.45, 2.75) is 17.9 Å². The Balaban J connectivity index is 1.37. The van der Waals surface area contributed by atoms with E-state index in [0.29, 0.717) is 17.5 Å². The van der Waals surface area contributed by atoms with Crippen molar-refractivity contribution >= 4 is 50.1 Å². The molecule has 0 aliphatic carbocycles. The van der Waals surface area contributed by atoms with E-state index in [9.17, 15) is 8.42 Å². The molecule has 2 aromatic heterocycles. The predicted octanol–water partition coefficient (Wildman–Crippen LogP) is 4.70. The van der Waals surface area contributed by atoms with Gasteiger partial charge in [-0.2, -0.15) is 4.98 Å². The monoisotopic (exact) mass is 528 g/mol. The lowest BCUT2D eigenvalue weighted by Gasteiger charge is -2.19. The number of aromatic nitrogens is 4. The summed E-state index contributed by atoms with van der Waals surface area (Å²) >= 11 is 0. The van der Waals surface area contributed by atoms with E-state index in [0.717, 1.165) is 22.7 Å². The summed E-state index contributed by atoms with van der Waals surface area (Å²) in [6, 6.07) is 24.4. The maximum absolute atomic E-state index is 11.7. The average molecular weight is 529 g/mol. The van der Waals surface area contributed by atoms with Crippen molar-refractivity contribution in [1.29, 1.82) is 0 Å². The number of hydrogen-bond acceptors (Lipinski definition) is 8. The Morgan fingerprint density at radius 3 is 2.53 bits per heavy atom. The van der Waals surface area contributed by atoms with Crippen LogP contribution in [0, 0.1) is 0 Å². The van der Waals surface area contributed by atoms with E-state index in [1.54, 1.807) is 24.4 Å². The maximum atomic E-state index is 11.7. The van der Waals surface area contributed by atoms with Crippen LogP contribution in [0.5, 0.6) is 0 Å². The van der Waals surface area contributed by atoms with Crippen molar-refractivity contribution in [2.24, 2.45) is 12.2 Å². The van der Waals surface area contributed by atoms with E-state index in [1.165, 1.54) is 17.7 Å². The molecule has 0 saturated carbocycles. The zero-order chi connectivity index (χ0) is 26.9. The molecule has 0 fully saturated rings. The number of nitrogens with one attached hydrogen (secondary N) is 2. The van der Waals surface area contributed by atoms with Crippen molar-refractivity contribution in [3.05, 3.63) is 90.6 Å². The fourth-order valence-corrected chi connectivity index (χ4v) is 4.71. The van der Waals surface area contributed by atoms with Crippen molar-refractivity contribution in [3.8, 4) is 0 Å². The second-order valence-corrected chi connectivity index (χ2v) is 10.5. The second-order valence-electron chi connectivity index (χ2n) is 8.94. The molecule has 11 heteroatoms. The summed E-state index contributed by atoms with van der Waals surface area (Å²) in [6.45, 7) is 2.11. The van der Waals surface area contributed by atoms with Gasteiger partial charge in [-0.25, -0.2) is 23.5 Å². The van der Waals surface area contributed by atoms with Crippen LogP contribution in [0.15, 0.2) is 90.0 Å². The van der Waals surface area contributed by atoms with Crippen LogP contribution in [0.3, 0.4) is 0 Å². The van der Waals surface area contributed by atoms with Crippen LogP contribution in [0.25, 0.3) is 11.0 Å². The van der Waals surface area contributed by atoms with E-state index >= 15 is 0 Å². The summed E-state index contributed by atoms with van der Waals surface area (Å²) in [6.07, 6.45) is 1.64. The largest absolute Gasteiger partial charge is 0.349 e. The van der Waals surface area contributed by atoms with Crippen LogP contribution in [0.4, 0.5) is 29.1 Å². The highest BCUT2D eigenvalue weighted by molar-refractivity contribution is 7.89. The van der Waals surface area contributed by atoms with Crippen LogP contribution in [-0.4, -0.2) is 35.0 Å². The fourth-order valence-electron chi connectivity index (χ4n) is 4.15. The number of sulfonamides is 1. The first-order valence-corrected chi connectivity index (χ1v) is 13.5. The predicted molar refractivity (Wildman–Crippen MR) is 150 cm³/mol. The number of rotatable bonds is 8. The summed E-state index contributed by atoms with van der Waals surface area (Å²) in [5.41, 5.74) is 4.45. The van der Waals surface area contributed by atoms with Gasteiger partial charge in [-0.05, 0) is 55.0 Å². The van der Waals surface area contributed by atoms with Crippen molar-refractivity contribution < 1.29 is 8.42 Å². The number of primary sulfonamides is 1. The van der Waals surface area contributed by atoms with Gasteiger partial charge in [0.25, 0.3) is 0 Å². The van der Waals surface area contributed by atoms with Crippen LogP contribution >= 0.6 is 0 Å². The third-order valence-corrected chi connectivity index (χ3v) is 7.21. The Labute approximate surface area is 221 Å². The molecule has 0 aliphatic rings. The molecule has 5 rings (SSSR count). The van der Waals surface area contributed by atoms with Crippen LogP contribution < -0.4 is 20.7 Å². The molecule has 0 bridgehead atoms. The number of benzene rings is 3. The molecule has 0 aliphatic heterocycles. The van der Waals surface area contributed by atoms with Crippen molar-refractivity contribution in [1.82, 2.24) is 19.5 Å². The number of nitrogens with zero attached hydrogens (tertiary/aromatic N) is 5. The molecule has 38 heavy (non-hydrogen) atoms. The fraction of sp³-hybridized carbons (Fsp3) is 0.148. The molecule has 0 saturated heterocycles. The van der Waals surface area contributed by atoms with Gasteiger partial charge in [-0.15, -0.1) is 0 Å². The van der Waals surface area contributed by atoms with Gasteiger partial charge in [-0.1, -0.05) is 36.4 Å². The topological polar surface area (TPSA) is 131 Å². The molecule has 4 N–H and O–H groups in total. The van der Waals surface area contributed by atoms with Crippen LogP contribution in [-0.2, 0) is 17.1 Å². The van der Waals surface area contributed by atoms with E-state index in [1.807, 2.05) is 60.0 Å². The first-order valence-electron chi connectivity index (χ1n) is 11.9. The molecule has 0 amide bonds. The smallest absolute Gasteiger partial charge is 0.238 e. The first-order chi connectivity index (χ1) is 18.2.